The van der Waals surface area contributed by atoms with E-state index >= 15 is 0 Å². The van der Waals surface area contributed by atoms with E-state index in [1.54, 1.807) is 0 Å². The Kier molecular flexibility index (Phi) is 3.83. The van der Waals surface area contributed by atoms with Crippen molar-refractivity contribution in [1.82, 2.24) is 9.55 Å². The lowest BCUT2D eigenvalue weighted by Crippen LogP contribution is -2.11. The smallest absolute Gasteiger partial charge is 0.313 e. The molecule has 7 heteroatoms. The minimum absolute atomic E-state index is 0.0597. The van der Waals surface area contributed by atoms with Crippen LogP contribution in [0.5, 0.6) is 0 Å². The number of anilines is 1. The maximum Gasteiger partial charge on any atom is 0.313 e. The Bertz CT molecular complexity index is 609. The highest BCUT2D eigenvalue weighted by Gasteiger charge is 2.09. The molecule has 0 bridgehead atoms. The lowest BCUT2D eigenvalue weighted by atomic mass is 10.3. The Morgan fingerprint density at radius 1 is 1.56 bits per heavy atom. The predicted molar refractivity (Wildman–Crippen MR) is 77.0 cm³/mol. The number of aryl methyl sites for hydroxylation is 1. The molecule has 2 rings (SSSR count). The number of hydrogen-bond donors (Lipinski definition) is 2. The third-order valence-electron chi connectivity index (χ3n) is 2.33. The zero-order valence-electron chi connectivity index (χ0n) is 9.58. The van der Waals surface area contributed by atoms with Gasteiger partial charge in [0, 0.05) is 7.05 Å². The van der Waals surface area contributed by atoms with Crippen LogP contribution in [0.1, 0.15) is 0 Å². The second-order valence-corrected chi connectivity index (χ2v) is 5.23. The van der Waals surface area contributed by atoms with Crippen LogP contribution >= 0.6 is 24.0 Å². The Labute approximate surface area is 113 Å². The number of para-hydroxylation sites is 2. The van der Waals surface area contributed by atoms with Crippen molar-refractivity contribution < 1.29 is 9.90 Å². The van der Waals surface area contributed by atoms with Crippen molar-refractivity contribution in [2.24, 2.45) is 7.05 Å². The number of carbonyl (C=O) groups is 1. The van der Waals surface area contributed by atoms with Crippen molar-refractivity contribution in [2.45, 2.75) is 0 Å². The fourth-order valence-corrected chi connectivity index (χ4v) is 2.20. The average molecular weight is 281 g/mol. The third-order valence-corrected chi connectivity index (χ3v) is 3.54. The number of rotatable bonds is 3. The standard InChI is InChI=1S/C11H11N3O2S2/c1-14-8-5-3-2-4-7(8)12-10(14)13-11(17)18-6-9(15)16/h2-5H,6H2,1H3,(H,15,16)(H,12,13,17). The summed E-state index contributed by atoms with van der Waals surface area (Å²) in [6.07, 6.45) is 0. The molecule has 0 atom stereocenters. The summed E-state index contributed by atoms with van der Waals surface area (Å²) in [7, 11) is 1.88. The van der Waals surface area contributed by atoms with Crippen molar-refractivity contribution in [1.29, 1.82) is 0 Å². The first-order chi connectivity index (χ1) is 8.58. The molecule has 0 aliphatic heterocycles. The summed E-state index contributed by atoms with van der Waals surface area (Å²) in [5, 5.41) is 11.5. The molecule has 5 nitrogen and oxygen atoms in total. The summed E-state index contributed by atoms with van der Waals surface area (Å²) >= 11 is 6.12. The lowest BCUT2D eigenvalue weighted by Gasteiger charge is -2.05. The van der Waals surface area contributed by atoms with Crippen molar-refractivity contribution in [2.75, 3.05) is 11.1 Å². The summed E-state index contributed by atoms with van der Waals surface area (Å²) in [4.78, 5) is 14.8. The molecule has 0 aliphatic carbocycles. The minimum atomic E-state index is -0.894. The second-order valence-electron chi connectivity index (χ2n) is 3.58. The van der Waals surface area contributed by atoms with Crippen molar-refractivity contribution in [3.63, 3.8) is 0 Å². The molecule has 0 unspecified atom stereocenters. The highest BCUT2D eigenvalue weighted by molar-refractivity contribution is 8.23. The molecule has 1 aromatic carbocycles. The maximum absolute atomic E-state index is 10.4. The number of aromatic nitrogens is 2. The highest BCUT2D eigenvalue weighted by Crippen LogP contribution is 2.18. The zero-order valence-corrected chi connectivity index (χ0v) is 11.2. The van der Waals surface area contributed by atoms with Gasteiger partial charge in [-0.15, -0.1) is 0 Å². The van der Waals surface area contributed by atoms with Gasteiger partial charge < -0.3 is 15.0 Å². The van der Waals surface area contributed by atoms with Gasteiger partial charge >= 0.3 is 5.97 Å². The Balaban J connectivity index is 2.14. The molecular weight excluding hydrogens is 270 g/mol. The number of aliphatic carboxylic acids is 1. The van der Waals surface area contributed by atoms with Crippen LogP contribution in [-0.4, -0.2) is 30.7 Å². The van der Waals surface area contributed by atoms with Gasteiger partial charge in [-0.3, -0.25) is 4.79 Å². The highest BCUT2D eigenvalue weighted by atomic mass is 32.2. The number of thioether (sulfide) groups is 1. The number of hydrogen-bond acceptors (Lipinski definition) is 4. The molecule has 94 valence electrons. The number of fused-ring (bicyclic) bond motifs is 1. The molecule has 0 aliphatic rings. The van der Waals surface area contributed by atoms with Crippen molar-refractivity contribution in [3.8, 4) is 0 Å². The molecule has 0 amide bonds. The summed E-state index contributed by atoms with van der Waals surface area (Å²) in [6, 6.07) is 7.72. The van der Waals surface area contributed by atoms with Crippen LogP contribution in [0.4, 0.5) is 5.95 Å². The minimum Gasteiger partial charge on any atom is -0.481 e. The number of nitrogens with zero attached hydrogens (tertiary/aromatic N) is 2. The van der Waals surface area contributed by atoms with Gasteiger partial charge in [0.15, 0.2) is 0 Å². The number of thiocarbonyl (C=S) groups is 1. The summed E-state index contributed by atoms with van der Waals surface area (Å²) in [5.74, 6) is -0.344. The molecule has 2 aromatic rings. The first kappa shape index (κ1) is 12.8. The van der Waals surface area contributed by atoms with Gasteiger partial charge in [-0.25, -0.2) is 4.98 Å². The van der Waals surface area contributed by atoms with Gasteiger partial charge in [0.05, 0.1) is 16.8 Å². The van der Waals surface area contributed by atoms with Gasteiger partial charge in [-0.1, -0.05) is 36.1 Å². The van der Waals surface area contributed by atoms with E-state index in [0.717, 1.165) is 22.8 Å². The summed E-state index contributed by atoms with van der Waals surface area (Å²) < 4.78 is 2.28. The molecule has 18 heavy (non-hydrogen) atoms. The molecule has 1 heterocycles. The van der Waals surface area contributed by atoms with Crippen LogP contribution in [0.15, 0.2) is 24.3 Å². The van der Waals surface area contributed by atoms with Crippen molar-refractivity contribution >= 4 is 51.3 Å². The van der Waals surface area contributed by atoms with Crippen molar-refractivity contribution in [3.05, 3.63) is 24.3 Å². The summed E-state index contributed by atoms with van der Waals surface area (Å²) in [6.45, 7) is 0. The average Bonchev–Trinajstić information content (AvgIpc) is 2.65. The topological polar surface area (TPSA) is 67.2 Å². The number of carboxylic acids is 1. The zero-order chi connectivity index (χ0) is 13.1. The van der Waals surface area contributed by atoms with Crippen LogP contribution in [0, 0.1) is 0 Å². The quantitative estimate of drug-likeness (QED) is 0.840. The van der Waals surface area contributed by atoms with E-state index in [1.807, 2.05) is 35.9 Å². The number of imidazole rings is 1. The SMILES string of the molecule is Cn1c(NC(=S)SCC(=O)O)nc2ccccc21. The van der Waals surface area contributed by atoms with Gasteiger partial charge in [-0.05, 0) is 12.1 Å². The van der Waals surface area contributed by atoms with Crippen LogP contribution < -0.4 is 5.32 Å². The Morgan fingerprint density at radius 2 is 2.28 bits per heavy atom. The predicted octanol–water partition coefficient (Wildman–Crippen LogP) is 2.09. The molecule has 0 spiro atoms. The van der Waals surface area contributed by atoms with E-state index in [2.05, 4.69) is 10.3 Å². The molecule has 0 radical (unpaired) electrons. The molecule has 0 saturated heterocycles. The van der Waals surface area contributed by atoms with E-state index < -0.39 is 5.97 Å². The largest absolute Gasteiger partial charge is 0.481 e. The van der Waals surface area contributed by atoms with Gasteiger partial charge in [0.25, 0.3) is 0 Å². The fourth-order valence-electron chi connectivity index (χ4n) is 1.51. The monoisotopic (exact) mass is 281 g/mol. The molecular formula is C11H11N3O2S2. The molecule has 2 N–H and O–H groups in total. The molecule has 0 saturated carbocycles. The van der Waals surface area contributed by atoms with E-state index in [9.17, 15) is 4.79 Å². The first-order valence-electron chi connectivity index (χ1n) is 5.15. The van der Waals surface area contributed by atoms with E-state index in [4.69, 9.17) is 17.3 Å². The van der Waals surface area contributed by atoms with Crippen LogP contribution in [0.3, 0.4) is 0 Å². The molecule has 0 fully saturated rings. The van der Waals surface area contributed by atoms with Crippen LogP contribution in [0.2, 0.25) is 0 Å². The molecule has 1 aromatic heterocycles. The normalized spacial score (nSPS) is 10.5. The fraction of sp³-hybridized carbons (Fsp3) is 0.182. The Hall–Kier alpha value is -1.60. The van der Waals surface area contributed by atoms with Gasteiger partial charge in [0.2, 0.25) is 5.95 Å². The van der Waals surface area contributed by atoms with Gasteiger partial charge in [-0.2, -0.15) is 0 Å². The lowest BCUT2D eigenvalue weighted by molar-refractivity contribution is -0.133. The maximum atomic E-state index is 10.4. The number of nitrogens with one attached hydrogen (secondary N) is 1. The Morgan fingerprint density at radius 3 is 2.94 bits per heavy atom. The van der Waals surface area contributed by atoms with Crippen LogP contribution in [-0.2, 0) is 11.8 Å². The number of carboxylic acid groups (broad SMARTS) is 1. The summed E-state index contributed by atoms with van der Waals surface area (Å²) in [5.41, 5.74) is 1.86. The second kappa shape index (κ2) is 5.36. The van der Waals surface area contributed by atoms with Gasteiger partial charge in [0.1, 0.15) is 4.32 Å². The first-order valence-corrected chi connectivity index (χ1v) is 6.54. The third kappa shape index (κ3) is 2.80. The number of benzene rings is 1. The van der Waals surface area contributed by atoms with E-state index in [-0.39, 0.29) is 5.75 Å². The van der Waals surface area contributed by atoms with E-state index in [0.29, 0.717) is 10.3 Å². The van der Waals surface area contributed by atoms with Crippen LogP contribution in [0.25, 0.3) is 11.0 Å². The van der Waals surface area contributed by atoms with E-state index in [1.165, 1.54) is 0 Å².